The Morgan fingerprint density at radius 2 is 2.27 bits per heavy atom. The van der Waals surface area contributed by atoms with Crippen LogP contribution in [0.4, 0.5) is 13.6 Å². The van der Waals surface area contributed by atoms with Gasteiger partial charge in [0, 0.05) is 18.4 Å². The fourth-order valence-corrected chi connectivity index (χ4v) is 1.94. The molecule has 0 spiro atoms. The van der Waals surface area contributed by atoms with Crippen molar-refractivity contribution < 1.29 is 18.3 Å². The van der Waals surface area contributed by atoms with Gasteiger partial charge in [-0.1, -0.05) is 0 Å². The average Bonchev–Trinajstić information content (AvgIpc) is 2.43. The lowest BCUT2D eigenvalue weighted by molar-refractivity contribution is 0.104. The highest BCUT2D eigenvalue weighted by molar-refractivity contribution is 5.70. The van der Waals surface area contributed by atoms with Crippen LogP contribution in [-0.4, -0.2) is 18.2 Å². The molecule has 0 radical (unpaired) electrons. The first-order valence-corrected chi connectivity index (χ1v) is 4.77. The lowest BCUT2D eigenvalue weighted by Crippen LogP contribution is -2.33. The molecule has 2 rings (SSSR count). The maximum absolute atomic E-state index is 13.0. The number of ether oxygens (including phenoxy) is 1. The number of hydrogen-bond acceptors (Lipinski definition) is 2. The molecule has 1 heterocycles. The van der Waals surface area contributed by atoms with Gasteiger partial charge in [-0.15, -0.1) is 0 Å². The molecule has 3 atom stereocenters. The fourth-order valence-electron chi connectivity index (χ4n) is 1.94. The summed E-state index contributed by atoms with van der Waals surface area (Å²) in [6, 6.07) is -0.225. The predicted molar refractivity (Wildman–Crippen MR) is 49.4 cm³/mol. The number of carbonyl (C=O) groups excluding carboxylic acids is 1. The van der Waals surface area contributed by atoms with Gasteiger partial charge in [-0.25, -0.2) is 13.6 Å². The molecule has 1 unspecified atom stereocenters. The smallest absolute Gasteiger partial charge is 0.407 e. The summed E-state index contributed by atoms with van der Waals surface area (Å²) < 4.78 is 30.9. The highest BCUT2D eigenvalue weighted by Crippen LogP contribution is 2.31. The number of nitrogens with one attached hydrogen (secondary N) is 1. The summed E-state index contributed by atoms with van der Waals surface area (Å²) in [5.41, 5.74) is 0. The lowest BCUT2D eigenvalue weighted by Gasteiger charge is -2.22. The standard InChI is InChI=1S/C10H11F2NO2/c1-5-9(15-10(14)13-5)6-2-7(11)4-8(12)3-6/h2,4-6,9H,3H2,1H3,(H,13,14)/t5-,6?,9+/m0/s1. The van der Waals surface area contributed by atoms with Crippen LogP contribution in [0.25, 0.3) is 0 Å². The number of allylic oxidation sites excluding steroid dienone is 3. The van der Waals surface area contributed by atoms with Crippen LogP contribution in [0.1, 0.15) is 13.3 Å². The molecule has 5 heteroatoms. The van der Waals surface area contributed by atoms with Gasteiger partial charge in [0.15, 0.2) is 0 Å². The van der Waals surface area contributed by atoms with Crippen molar-refractivity contribution in [3.8, 4) is 0 Å². The monoisotopic (exact) mass is 215 g/mol. The Kier molecular flexibility index (Phi) is 2.46. The second-order valence-corrected chi connectivity index (χ2v) is 3.81. The first-order valence-electron chi connectivity index (χ1n) is 4.77. The quantitative estimate of drug-likeness (QED) is 0.728. The number of amides is 1. The number of alkyl carbamates (subject to hydrolysis) is 1. The van der Waals surface area contributed by atoms with Crippen LogP contribution < -0.4 is 5.32 Å². The van der Waals surface area contributed by atoms with E-state index >= 15 is 0 Å². The van der Waals surface area contributed by atoms with Crippen LogP contribution in [0.2, 0.25) is 0 Å². The molecule has 0 aromatic heterocycles. The van der Waals surface area contributed by atoms with Crippen molar-refractivity contribution in [2.45, 2.75) is 25.5 Å². The van der Waals surface area contributed by atoms with Crippen molar-refractivity contribution in [3.05, 3.63) is 23.8 Å². The molecule has 1 N–H and O–H groups in total. The van der Waals surface area contributed by atoms with E-state index in [2.05, 4.69) is 5.32 Å². The molecule has 1 aliphatic heterocycles. The van der Waals surface area contributed by atoms with E-state index in [0.717, 1.165) is 6.08 Å². The summed E-state index contributed by atoms with van der Waals surface area (Å²) in [6.45, 7) is 1.75. The van der Waals surface area contributed by atoms with Crippen LogP contribution in [0.3, 0.4) is 0 Å². The van der Waals surface area contributed by atoms with E-state index in [1.165, 1.54) is 6.08 Å². The van der Waals surface area contributed by atoms with Gasteiger partial charge < -0.3 is 10.1 Å². The third-order valence-corrected chi connectivity index (χ3v) is 2.60. The number of hydrogen-bond donors (Lipinski definition) is 1. The zero-order valence-electron chi connectivity index (χ0n) is 8.17. The molecule has 0 aromatic rings. The van der Waals surface area contributed by atoms with Crippen molar-refractivity contribution in [3.63, 3.8) is 0 Å². The Balaban J connectivity index is 2.13. The first kappa shape index (κ1) is 10.1. The summed E-state index contributed by atoms with van der Waals surface area (Å²) in [5, 5.41) is 2.54. The molecule has 0 bridgehead atoms. The highest BCUT2D eigenvalue weighted by atomic mass is 19.1. The van der Waals surface area contributed by atoms with E-state index in [4.69, 9.17) is 4.74 Å². The Morgan fingerprint density at radius 1 is 1.53 bits per heavy atom. The van der Waals surface area contributed by atoms with Gasteiger partial charge in [0.25, 0.3) is 0 Å². The molecule has 1 aliphatic carbocycles. The minimum Gasteiger partial charge on any atom is -0.443 e. The summed E-state index contributed by atoms with van der Waals surface area (Å²) in [7, 11) is 0. The van der Waals surface area contributed by atoms with Crippen molar-refractivity contribution in [2.75, 3.05) is 0 Å². The molecule has 3 nitrogen and oxygen atoms in total. The molecule has 1 amide bonds. The Labute approximate surface area is 85.8 Å². The molecular weight excluding hydrogens is 204 g/mol. The van der Waals surface area contributed by atoms with Crippen molar-refractivity contribution >= 4 is 6.09 Å². The largest absolute Gasteiger partial charge is 0.443 e. The van der Waals surface area contributed by atoms with E-state index in [-0.39, 0.29) is 12.5 Å². The number of carbonyl (C=O) groups is 1. The van der Waals surface area contributed by atoms with E-state index in [1.807, 2.05) is 0 Å². The minimum absolute atomic E-state index is 0.0807. The number of rotatable bonds is 1. The average molecular weight is 215 g/mol. The number of cyclic esters (lactones) is 1. The second-order valence-electron chi connectivity index (χ2n) is 3.81. The molecule has 82 valence electrons. The van der Waals surface area contributed by atoms with E-state index in [0.29, 0.717) is 0 Å². The summed E-state index contributed by atoms with van der Waals surface area (Å²) >= 11 is 0. The zero-order valence-corrected chi connectivity index (χ0v) is 8.17. The Morgan fingerprint density at radius 3 is 2.80 bits per heavy atom. The van der Waals surface area contributed by atoms with Crippen LogP contribution >= 0.6 is 0 Å². The van der Waals surface area contributed by atoms with Crippen molar-refractivity contribution in [1.29, 1.82) is 0 Å². The molecule has 15 heavy (non-hydrogen) atoms. The first-order chi connectivity index (χ1) is 7.06. The van der Waals surface area contributed by atoms with Crippen molar-refractivity contribution in [2.24, 2.45) is 5.92 Å². The second kappa shape index (κ2) is 3.64. The third-order valence-electron chi connectivity index (χ3n) is 2.60. The summed E-state index contributed by atoms with van der Waals surface area (Å²) in [5.74, 6) is -1.56. The minimum atomic E-state index is -0.612. The predicted octanol–water partition coefficient (Wildman–Crippen LogP) is 2.21. The fraction of sp³-hybridized carbons (Fsp3) is 0.500. The van der Waals surface area contributed by atoms with Crippen LogP contribution in [0.15, 0.2) is 23.8 Å². The van der Waals surface area contributed by atoms with E-state index in [1.54, 1.807) is 6.92 Å². The normalized spacial score (nSPS) is 35.4. The SMILES string of the molecule is C[C@@H]1NC(=O)O[C@H]1C1C=C(F)C=C(F)C1. The lowest BCUT2D eigenvalue weighted by atomic mass is 9.90. The van der Waals surface area contributed by atoms with Gasteiger partial charge in [0.1, 0.15) is 17.8 Å². The van der Waals surface area contributed by atoms with Gasteiger partial charge in [-0.2, -0.15) is 0 Å². The maximum atomic E-state index is 13.0. The van der Waals surface area contributed by atoms with Crippen LogP contribution in [0, 0.1) is 5.92 Å². The molecule has 2 aliphatic rings. The summed E-state index contributed by atoms with van der Waals surface area (Å²) in [6.07, 6.45) is 1.20. The topological polar surface area (TPSA) is 38.3 Å². The Bertz CT molecular complexity index is 351. The van der Waals surface area contributed by atoms with Crippen molar-refractivity contribution in [1.82, 2.24) is 5.32 Å². The highest BCUT2D eigenvalue weighted by Gasteiger charge is 2.37. The maximum Gasteiger partial charge on any atom is 0.407 e. The molecular formula is C10H11F2NO2. The van der Waals surface area contributed by atoms with Gasteiger partial charge in [0.2, 0.25) is 0 Å². The molecule has 1 saturated heterocycles. The van der Waals surface area contributed by atoms with Gasteiger partial charge in [-0.3, -0.25) is 0 Å². The molecule has 0 saturated carbocycles. The van der Waals surface area contributed by atoms with E-state index < -0.39 is 29.8 Å². The van der Waals surface area contributed by atoms with E-state index in [9.17, 15) is 13.6 Å². The van der Waals surface area contributed by atoms with Gasteiger partial charge >= 0.3 is 6.09 Å². The van der Waals surface area contributed by atoms with Crippen LogP contribution in [0.5, 0.6) is 0 Å². The number of halogens is 2. The zero-order chi connectivity index (χ0) is 11.0. The molecule has 0 aromatic carbocycles. The Hall–Kier alpha value is -1.39. The van der Waals surface area contributed by atoms with Gasteiger partial charge in [0.05, 0.1) is 6.04 Å². The molecule has 1 fully saturated rings. The van der Waals surface area contributed by atoms with Crippen LogP contribution in [-0.2, 0) is 4.74 Å². The third kappa shape index (κ3) is 2.00. The summed E-state index contributed by atoms with van der Waals surface area (Å²) in [4.78, 5) is 10.9. The van der Waals surface area contributed by atoms with Gasteiger partial charge in [-0.05, 0) is 13.0 Å².